The normalized spacial score (nSPS) is 21.9. The van der Waals surface area contributed by atoms with Gasteiger partial charge in [-0.2, -0.15) is 18.4 Å². The molecule has 2 aromatic rings. The predicted molar refractivity (Wildman–Crippen MR) is 95.8 cm³/mol. The van der Waals surface area contributed by atoms with Crippen LogP contribution in [0.5, 0.6) is 0 Å². The van der Waals surface area contributed by atoms with Crippen molar-refractivity contribution in [3.05, 3.63) is 58.7 Å². The van der Waals surface area contributed by atoms with Gasteiger partial charge in [-0.3, -0.25) is 0 Å². The second-order valence-corrected chi connectivity index (χ2v) is 6.99. The van der Waals surface area contributed by atoms with Gasteiger partial charge in [0.25, 0.3) is 6.02 Å². The highest BCUT2D eigenvalue weighted by Crippen LogP contribution is 2.42. The summed E-state index contributed by atoms with van der Waals surface area (Å²) in [4.78, 5) is 3.27. The molecule has 2 N–H and O–H groups in total. The number of nitrogens with two attached hydrogens (primary N) is 1. The second-order valence-electron chi connectivity index (χ2n) is 6.99. The maximum absolute atomic E-state index is 14.8. The highest BCUT2D eigenvalue weighted by Gasteiger charge is 2.49. The van der Waals surface area contributed by atoms with Gasteiger partial charge in [-0.15, -0.1) is 0 Å². The Morgan fingerprint density at radius 1 is 1.24 bits per heavy atom. The minimum atomic E-state index is -4.69. The van der Waals surface area contributed by atoms with E-state index in [1.165, 1.54) is 38.1 Å². The molecule has 1 aliphatic rings. The number of hydrogen-bond donors (Lipinski definition) is 1. The molecule has 0 aliphatic carbocycles. The van der Waals surface area contributed by atoms with E-state index in [1.54, 1.807) is 6.07 Å². The van der Waals surface area contributed by atoms with Crippen molar-refractivity contribution in [1.29, 1.82) is 5.26 Å². The van der Waals surface area contributed by atoms with E-state index in [9.17, 15) is 22.0 Å². The van der Waals surface area contributed by atoms with E-state index in [1.807, 2.05) is 0 Å². The molecular formula is C20H16F5N3O. The smallest absolute Gasteiger partial charge is 0.411 e. The summed E-state index contributed by atoms with van der Waals surface area (Å²) in [6, 6.07) is 5.32. The Hall–Kier alpha value is -3.15. The molecule has 29 heavy (non-hydrogen) atoms. The van der Waals surface area contributed by atoms with Gasteiger partial charge in [0.05, 0.1) is 5.56 Å². The molecule has 0 fully saturated rings. The topological polar surface area (TPSA) is 71.4 Å². The maximum atomic E-state index is 14.8. The van der Waals surface area contributed by atoms with Crippen molar-refractivity contribution >= 4 is 6.02 Å². The van der Waals surface area contributed by atoms with Crippen LogP contribution in [-0.2, 0) is 10.3 Å². The van der Waals surface area contributed by atoms with Gasteiger partial charge < -0.3 is 10.5 Å². The Bertz CT molecular complexity index is 1040. The molecule has 0 amide bonds. The first-order valence-electron chi connectivity index (χ1n) is 8.55. The van der Waals surface area contributed by atoms with Crippen molar-refractivity contribution in [2.24, 2.45) is 10.7 Å². The van der Waals surface area contributed by atoms with Crippen LogP contribution in [0.25, 0.3) is 11.1 Å². The van der Waals surface area contributed by atoms with E-state index in [4.69, 9.17) is 15.7 Å². The zero-order valence-electron chi connectivity index (χ0n) is 15.4. The molecule has 2 atom stereocenters. The summed E-state index contributed by atoms with van der Waals surface area (Å²) in [5, 5.41) is 9.03. The molecule has 1 aliphatic heterocycles. The summed E-state index contributed by atoms with van der Waals surface area (Å²) in [7, 11) is 0. The number of aliphatic imine (C=N–C) groups is 1. The number of benzene rings is 2. The van der Waals surface area contributed by atoms with E-state index in [2.05, 4.69) is 4.99 Å². The molecule has 9 heteroatoms. The first kappa shape index (κ1) is 20.6. The molecule has 0 spiro atoms. The van der Waals surface area contributed by atoms with Crippen molar-refractivity contribution < 1.29 is 26.7 Å². The number of aryl methyl sites for hydroxylation is 1. The van der Waals surface area contributed by atoms with Crippen molar-refractivity contribution in [2.75, 3.05) is 0 Å². The Morgan fingerprint density at radius 2 is 1.93 bits per heavy atom. The monoisotopic (exact) mass is 409 g/mol. The minimum absolute atomic E-state index is 0.0243. The third-order valence-corrected chi connectivity index (χ3v) is 4.87. The molecule has 0 unspecified atom stereocenters. The third kappa shape index (κ3) is 3.75. The summed E-state index contributed by atoms with van der Waals surface area (Å²) in [5.41, 5.74) is 3.83. The minimum Gasteiger partial charge on any atom is -0.454 e. The molecule has 0 saturated heterocycles. The average molecular weight is 409 g/mol. The van der Waals surface area contributed by atoms with Gasteiger partial charge in [0.15, 0.2) is 6.04 Å². The van der Waals surface area contributed by atoms with Gasteiger partial charge in [-0.25, -0.2) is 13.8 Å². The molecule has 0 aromatic heterocycles. The lowest BCUT2D eigenvalue weighted by Crippen LogP contribution is -2.46. The van der Waals surface area contributed by atoms with Crippen LogP contribution in [0.3, 0.4) is 0 Å². The van der Waals surface area contributed by atoms with Gasteiger partial charge >= 0.3 is 6.18 Å². The molecule has 152 valence electrons. The van der Waals surface area contributed by atoms with Crippen LogP contribution < -0.4 is 5.73 Å². The standard InChI is InChI=1S/C20H16F5N3O/c1-10-6-15(21)14(7-13(10)12-5-3-4-11(9-26)17(12)22)19(2)8-16(20(23,24)25)28-18(27)29-19/h3-7,16H,8H2,1-2H3,(H2,27,28)/t16-,19-/m0/s1. The van der Waals surface area contributed by atoms with Crippen molar-refractivity contribution in [2.45, 2.75) is 38.1 Å². The van der Waals surface area contributed by atoms with Gasteiger partial charge in [0.2, 0.25) is 0 Å². The molecule has 0 radical (unpaired) electrons. The molecule has 2 aromatic carbocycles. The second kappa shape index (κ2) is 7.03. The number of alkyl halides is 3. The van der Waals surface area contributed by atoms with E-state index in [-0.39, 0.29) is 22.3 Å². The molecule has 1 heterocycles. The summed E-state index contributed by atoms with van der Waals surface area (Å²) in [6.45, 7) is 2.80. The van der Waals surface area contributed by atoms with Crippen molar-refractivity contribution in [1.82, 2.24) is 0 Å². The van der Waals surface area contributed by atoms with E-state index in [0.29, 0.717) is 5.56 Å². The number of amidine groups is 1. The predicted octanol–water partition coefficient (Wildman–Crippen LogP) is 4.69. The average Bonchev–Trinajstić information content (AvgIpc) is 2.61. The lowest BCUT2D eigenvalue weighted by Gasteiger charge is -2.37. The van der Waals surface area contributed by atoms with E-state index < -0.39 is 41.9 Å². The van der Waals surface area contributed by atoms with Crippen LogP contribution in [0, 0.1) is 29.9 Å². The molecular weight excluding hydrogens is 393 g/mol. The van der Waals surface area contributed by atoms with Gasteiger partial charge in [-0.05, 0) is 43.2 Å². The summed E-state index contributed by atoms with van der Waals surface area (Å²) >= 11 is 0. The van der Waals surface area contributed by atoms with Crippen LogP contribution in [0.15, 0.2) is 35.3 Å². The van der Waals surface area contributed by atoms with Gasteiger partial charge in [0.1, 0.15) is 23.3 Å². The lowest BCUT2D eigenvalue weighted by atomic mass is 9.84. The van der Waals surface area contributed by atoms with Gasteiger partial charge in [0, 0.05) is 17.5 Å². The van der Waals surface area contributed by atoms with Crippen LogP contribution in [0.1, 0.15) is 30.0 Å². The van der Waals surface area contributed by atoms with Crippen molar-refractivity contribution in [3.63, 3.8) is 0 Å². The number of halogens is 5. The fourth-order valence-electron chi connectivity index (χ4n) is 3.42. The molecule has 0 saturated carbocycles. The maximum Gasteiger partial charge on any atom is 0.411 e. The zero-order valence-corrected chi connectivity index (χ0v) is 15.4. The fraction of sp³-hybridized carbons (Fsp3) is 0.300. The highest BCUT2D eigenvalue weighted by atomic mass is 19.4. The Labute approximate surface area is 163 Å². The number of nitriles is 1. The number of ether oxygens (including phenoxy) is 1. The van der Waals surface area contributed by atoms with Crippen LogP contribution in [0.4, 0.5) is 22.0 Å². The lowest BCUT2D eigenvalue weighted by molar-refractivity contribution is -0.164. The van der Waals surface area contributed by atoms with E-state index >= 15 is 0 Å². The largest absolute Gasteiger partial charge is 0.454 e. The summed E-state index contributed by atoms with van der Waals surface area (Å²) in [6.07, 6.45) is -5.38. The quantitative estimate of drug-likeness (QED) is 0.732. The summed E-state index contributed by atoms with van der Waals surface area (Å²) < 4.78 is 74.4. The van der Waals surface area contributed by atoms with Crippen LogP contribution in [0.2, 0.25) is 0 Å². The zero-order chi connectivity index (χ0) is 21.6. The number of hydrogen-bond acceptors (Lipinski definition) is 4. The fourth-order valence-corrected chi connectivity index (χ4v) is 3.42. The van der Waals surface area contributed by atoms with E-state index in [0.717, 1.165) is 6.07 Å². The number of nitrogens with zero attached hydrogens (tertiary/aromatic N) is 2. The molecule has 4 nitrogen and oxygen atoms in total. The first-order chi connectivity index (χ1) is 13.5. The molecule has 3 rings (SSSR count). The van der Waals surface area contributed by atoms with Crippen LogP contribution in [-0.4, -0.2) is 18.2 Å². The number of rotatable bonds is 2. The van der Waals surface area contributed by atoms with Gasteiger partial charge in [-0.1, -0.05) is 12.1 Å². The third-order valence-electron chi connectivity index (χ3n) is 4.87. The molecule has 0 bridgehead atoms. The van der Waals surface area contributed by atoms with Crippen LogP contribution >= 0.6 is 0 Å². The Morgan fingerprint density at radius 3 is 2.55 bits per heavy atom. The Kier molecular flexibility index (Phi) is 4.99. The highest BCUT2D eigenvalue weighted by molar-refractivity contribution is 5.74. The first-order valence-corrected chi connectivity index (χ1v) is 8.55. The van der Waals surface area contributed by atoms with Crippen molar-refractivity contribution in [3.8, 4) is 17.2 Å². The SMILES string of the molecule is Cc1cc(F)c([C@]2(C)C[C@@H](C(F)(F)F)N=C(N)O2)cc1-c1cccc(C#N)c1F. The Balaban J connectivity index is 2.16. The summed E-state index contributed by atoms with van der Waals surface area (Å²) in [5.74, 6) is -1.62.